The van der Waals surface area contributed by atoms with Crippen molar-refractivity contribution in [1.29, 1.82) is 0 Å². The first-order chi connectivity index (χ1) is 11.7. The van der Waals surface area contributed by atoms with E-state index in [2.05, 4.69) is 13.8 Å². The molecule has 140 valence electrons. The molecule has 0 aromatic rings. The summed E-state index contributed by atoms with van der Waals surface area (Å²) >= 11 is 0. The molecule has 0 aromatic carbocycles. The van der Waals surface area contributed by atoms with Gasteiger partial charge in [0.15, 0.2) is 0 Å². The Kier molecular flexibility index (Phi) is 7.24. The van der Waals surface area contributed by atoms with E-state index in [1.54, 1.807) is 0 Å². The zero-order chi connectivity index (χ0) is 16.8. The van der Waals surface area contributed by atoms with Crippen molar-refractivity contribution in [2.45, 2.75) is 133 Å². The third kappa shape index (κ3) is 4.27. The van der Waals surface area contributed by atoms with Gasteiger partial charge in [0.25, 0.3) is 0 Å². The van der Waals surface area contributed by atoms with E-state index in [1.807, 2.05) is 0 Å². The Morgan fingerprint density at radius 2 is 0.917 bits per heavy atom. The van der Waals surface area contributed by atoms with Crippen LogP contribution in [0.4, 0.5) is 0 Å². The van der Waals surface area contributed by atoms with E-state index in [-0.39, 0.29) is 6.10 Å². The molecule has 0 spiro atoms. The van der Waals surface area contributed by atoms with Gasteiger partial charge in [-0.1, -0.05) is 96.3 Å². The maximum atomic E-state index is 6.75. The summed E-state index contributed by atoms with van der Waals surface area (Å²) in [6.45, 7) is 4.28. The third-order valence-corrected chi connectivity index (χ3v) is 13.1. The van der Waals surface area contributed by atoms with E-state index >= 15 is 0 Å². The molecule has 0 heterocycles. The summed E-state index contributed by atoms with van der Waals surface area (Å²) in [6.07, 6.45) is 21.7. The minimum atomic E-state index is -1.88. The lowest BCUT2D eigenvalue weighted by Crippen LogP contribution is -2.54. The molecular formula is C21H40O2Si. The Balaban J connectivity index is 1.89. The van der Waals surface area contributed by atoms with Crippen LogP contribution in [0.25, 0.3) is 0 Å². The molecule has 0 atom stereocenters. The molecule has 0 radical (unpaired) electrons. The van der Waals surface area contributed by atoms with Crippen molar-refractivity contribution in [1.82, 2.24) is 0 Å². The summed E-state index contributed by atoms with van der Waals surface area (Å²) in [5.41, 5.74) is 2.61. The minimum Gasteiger partial charge on any atom is -0.285 e. The Morgan fingerprint density at radius 3 is 1.21 bits per heavy atom. The average molecular weight is 353 g/mol. The Hall–Kier alpha value is 0.137. The van der Waals surface area contributed by atoms with E-state index in [9.17, 15) is 0 Å². The molecule has 3 saturated carbocycles. The predicted molar refractivity (Wildman–Crippen MR) is 104 cm³/mol. The van der Waals surface area contributed by atoms with Gasteiger partial charge in [-0.2, -0.15) is 0 Å². The van der Waals surface area contributed by atoms with E-state index in [0.717, 1.165) is 16.6 Å². The Bertz CT molecular complexity index is 307. The lowest BCUT2D eigenvalue weighted by atomic mass is 9.98. The number of rotatable bonds is 6. The summed E-state index contributed by atoms with van der Waals surface area (Å²) in [7, 11) is -1.88. The van der Waals surface area contributed by atoms with E-state index in [0.29, 0.717) is 0 Å². The normalized spacial score (nSPS) is 26.1. The van der Waals surface area contributed by atoms with Crippen LogP contribution >= 0.6 is 0 Å². The van der Waals surface area contributed by atoms with Gasteiger partial charge < -0.3 is 0 Å². The highest BCUT2D eigenvalue weighted by Gasteiger charge is 2.56. The zero-order valence-corrected chi connectivity index (χ0v) is 17.2. The van der Waals surface area contributed by atoms with Crippen LogP contribution in [-0.2, 0) is 9.46 Å². The fraction of sp³-hybridized carbons (Fsp3) is 1.00. The molecule has 0 unspecified atom stereocenters. The van der Waals surface area contributed by atoms with Gasteiger partial charge in [0, 0.05) is 0 Å². The molecule has 3 heteroatoms. The van der Waals surface area contributed by atoms with Crippen LogP contribution in [0, 0.1) is 0 Å². The topological polar surface area (TPSA) is 18.5 Å². The standard InChI is InChI=1S/C21H40O2Si/c1-18(2)22-23-24(19-12-6-3-7-13-19,20-14-8-4-9-15-20)21-16-10-5-11-17-21/h18-21H,3-17H2,1-2H3. The Labute approximate surface area is 151 Å². The van der Waals surface area contributed by atoms with Gasteiger partial charge in [0.2, 0.25) is 8.32 Å². The number of hydrogen-bond donors (Lipinski definition) is 0. The quantitative estimate of drug-likeness (QED) is 0.284. The summed E-state index contributed by atoms with van der Waals surface area (Å²) < 4.78 is 6.75. The monoisotopic (exact) mass is 352 g/mol. The van der Waals surface area contributed by atoms with Crippen molar-refractivity contribution in [3.63, 3.8) is 0 Å². The molecule has 0 N–H and O–H groups in total. The van der Waals surface area contributed by atoms with Crippen LogP contribution in [0.1, 0.15) is 110 Å². The van der Waals surface area contributed by atoms with Gasteiger partial charge in [-0.3, -0.25) is 4.58 Å². The van der Waals surface area contributed by atoms with Crippen molar-refractivity contribution >= 4 is 8.32 Å². The van der Waals surface area contributed by atoms with Gasteiger partial charge >= 0.3 is 0 Å². The van der Waals surface area contributed by atoms with Crippen molar-refractivity contribution in [2.75, 3.05) is 0 Å². The van der Waals surface area contributed by atoms with Gasteiger partial charge in [-0.05, 0) is 30.5 Å². The SMILES string of the molecule is CC(C)OO[Si](C1CCCCC1)(C1CCCCC1)C1CCCCC1. The molecule has 0 saturated heterocycles. The molecule has 24 heavy (non-hydrogen) atoms. The van der Waals surface area contributed by atoms with Gasteiger partial charge in [-0.15, -0.1) is 0 Å². The van der Waals surface area contributed by atoms with Crippen LogP contribution in [0.15, 0.2) is 0 Å². The highest BCUT2D eigenvalue weighted by molar-refractivity contribution is 6.78. The van der Waals surface area contributed by atoms with E-state index < -0.39 is 8.32 Å². The first-order valence-corrected chi connectivity index (χ1v) is 13.2. The second kappa shape index (κ2) is 9.18. The first-order valence-electron chi connectivity index (χ1n) is 11.1. The highest BCUT2D eigenvalue weighted by Crippen LogP contribution is 2.57. The molecule has 0 bridgehead atoms. The third-order valence-electron chi connectivity index (χ3n) is 7.11. The predicted octanol–water partition coefficient (Wildman–Crippen LogP) is 7.29. The highest BCUT2D eigenvalue weighted by atomic mass is 28.4. The molecule has 2 nitrogen and oxygen atoms in total. The largest absolute Gasteiger partial charge is 0.285 e. The van der Waals surface area contributed by atoms with Crippen molar-refractivity contribution in [3.05, 3.63) is 0 Å². The second-order valence-corrected chi connectivity index (χ2v) is 13.4. The molecule has 0 aliphatic heterocycles. The van der Waals surface area contributed by atoms with Crippen LogP contribution in [0.3, 0.4) is 0 Å². The Morgan fingerprint density at radius 1 is 0.583 bits per heavy atom. The van der Waals surface area contributed by atoms with Crippen molar-refractivity contribution in [2.24, 2.45) is 0 Å². The van der Waals surface area contributed by atoms with Crippen molar-refractivity contribution < 1.29 is 9.46 Å². The molecule has 3 aliphatic carbocycles. The van der Waals surface area contributed by atoms with Gasteiger partial charge in [-0.25, -0.2) is 4.89 Å². The maximum Gasteiger partial charge on any atom is 0.248 e. The summed E-state index contributed by atoms with van der Waals surface area (Å²) in [4.78, 5) is 6.03. The van der Waals surface area contributed by atoms with Crippen molar-refractivity contribution in [3.8, 4) is 0 Å². The fourth-order valence-electron chi connectivity index (χ4n) is 6.05. The second-order valence-electron chi connectivity index (χ2n) is 9.09. The molecule has 3 rings (SSSR count). The first kappa shape index (κ1) is 18.9. The van der Waals surface area contributed by atoms with Crippen LogP contribution < -0.4 is 0 Å². The van der Waals surface area contributed by atoms with Crippen LogP contribution in [-0.4, -0.2) is 14.4 Å². The molecular weight excluding hydrogens is 312 g/mol. The lowest BCUT2D eigenvalue weighted by molar-refractivity contribution is -0.252. The average Bonchev–Trinajstić information content (AvgIpc) is 2.65. The fourth-order valence-corrected chi connectivity index (χ4v) is 12.7. The minimum absolute atomic E-state index is 0.202. The molecule has 0 aromatic heterocycles. The van der Waals surface area contributed by atoms with Gasteiger partial charge in [0.05, 0.1) is 6.10 Å². The summed E-state index contributed by atoms with van der Waals surface area (Å²) in [5, 5.41) is 0. The van der Waals surface area contributed by atoms with Gasteiger partial charge in [0.1, 0.15) is 0 Å². The molecule has 3 fully saturated rings. The maximum absolute atomic E-state index is 6.75. The zero-order valence-electron chi connectivity index (χ0n) is 16.2. The van der Waals surface area contributed by atoms with E-state index in [1.165, 1.54) is 96.3 Å². The summed E-state index contributed by atoms with van der Waals surface area (Å²) in [6, 6.07) is 0. The lowest BCUT2D eigenvalue weighted by Gasteiger charge is -2.50. The number of hydrogen-bond acceptors (Lipinski definition) is 2. The molecule has 3 aliphatic rings. The van der Waals surface area contributed by atoms with E-state index in [4.69, 9.17) is 9.46 Å². The molecule has 0 amide bonds. The van der Waals surface area contributed by atoms with Crippen LogP contribution in [0.2, 0.25) is 16.6 Å². The summed E-state index contributed by atoms with van der Waals surface area (Å²) in [5.74, 6) is 0. The smallest absolute Gasteiger partial charge is 0.248 e. The van der Waals surface area contributed by atoms with Crippen LogP contribution in [0.5, 0.6) is 0 Å².